The first-order valence-electron chi connectivity index (χ1n) is 8.93. The fourth-order valence-corrected chi connectivity index (χ4v) is 3.82. The maximum atomic E-state index is 4.84. The van der Waals surface area contributed by atoms with Crippen LogP contribution in [0.1, 0.15) is 28.6 Å². The van der Waals surface area contributed by atoms with Crippen molar-refractivity contribution >= 4 is 0 Å². The SMILES string of the molecule is Cc1nn(-c2ccccc2)c2c1CN[C@H](c1ccccc1)c1cccn1-2. The predicted octanol–water partition coefficient (Wildman–Crippen LogP) is 4.16. The van der Waals surface area contributed by atoms with Crippen molar-refractivity contribution in [3.63, 3.8) is 0 Å². The molecule has 1 atom stereocenters. The number of nitrogens with one attached hydrogen (secondary N) is 1. The minimum Gasteiger partial charge on any atom is -0.303 e. The molecule has 1 N–H and O–H groups in total. The number of para-hydroxylation sites is 1. The van der Waals surface area contributed by atoms with Gasteiger partial charge in [-0.3, -0.25) is 0 Å². The first-order valence-corrected chi connectivity index (χ1v) is 8.93. The summed E-state index contributed by atoms with van der Waals surface area (Å²) in [6.45, 7) is 2.88. The Bertz CT molecular complexity index is 1040. The average Bonchev–Trinajstić information content (AvgIpc) is 3.24. The van der Waals surface area contributed by atoms with Crippen LogP contribution in [0.25, 0.3) is 11.5 Å². The Morgan fingerprint density at radius 3 is 2.42 bits per heavy atom. The quantitative estimate of drug-likeness (QED) is 0.594. The molecule has 1 aliphatic rings. The molecule has 0 unspecified atom stereocenters. The van der Waals surface area contributed by atoms with Crippen molar-refractivity contribution in [2.45, 2.75) is 19.5 Å². The third-order valence-corrected chi connectivity index (χ3v) is 5.08. The Morgan fingerprint density at radius 1 is 0.923 bits per heavy atom. The van der Waals surface area contributed by atoms with Crippen molar-refractivity contribution in [3.05, 3.63) is 102 Å². The third kappa shape index (κ3) is 2.30. The highest BCUT2D eigenvalue weighted by Gasteiger charge is 2.27. The fourth-order valence-electron chi connectivity index (χ4n) is 3.82. The maximum absolute atomic E-state index is 4.84. The monoisotopic (exact) mass is 340 g/mol. The Balaban J connectivity index is 1.72. The van der Waals surface area contributed by atoms with Gasteiger partial charge in [0.1, 0.15) is 5.82 Å². The van der Waals surface area contributed by atoms with Gasteiger partial charge in [-0.2, -0.15) is 5.10 Å². The van der Waals surface area contributed by atoms with Gasteiger partial charge in [0.2, 0.25) is 0 Å². The summed E-state index contributed by atoms with van der Waals surface area (Å²) in [7, 11) is 0. The van der Waals surface area contributed by atoms with Crippen LogP contribution in [-0.2, 0) is 6.54 Å². The summed E-state index contributed by atoms with van der Waals surface area (Å²) in [5.41, 5.74) is 5.88. The molecule has 2 aromatic heterocycles. The molecule has 128 valence electrons. The minimum absolute atomic E-state index is 0.155. The van der Waals surface area contributed by atoms with E-state index in [0.717, 1.165) is 23.7 Å². The third-order valence-electron chi connectivity index (χ3n) is 5.08. The lowest BCUT2D eigenvalue weighted by atomic mass is 10.0. The van der Waals surface area contributed by atoms with Crippen molar-refractivity contribution in [3.8, 4) is 11.5 Å². The van der Waals surface area contributed by atoms with E-state index in [4.69, 9.17) is 5.10 Å². The molecule has 0 saturated heterocycles. The summed E-state index contributed by atoms with van der Waals surface area (Å²) in [4.78, 5) is 0. The summed E-state index contributed by atoms with van der Waals surface area (Å²) < 4.78 is 4.34. The summed E-state index contributed by atoms with van der Waals surface area (Å²) in [6, 6.07) is 25.4. The van der Waals surface area contributed by atoms with E-state index in [1.54, 1.807) is 0 Å². The highest BCUT2D eigenvalue weighted by molar-refractivity contribution is 5.49. The summed E-state index contributed by atoms with van der Waals surface area (Å²) in [5, 5.41) is 8.56. The smallest absolute Gasteiger partial charge is 0.145 e. The fraction of sp³-hybridized carbons (Fsp3) is 0.136. The van der Waals surface area contributed by atoms with Crippen molar-refractivity contribution in [2.24, 2.45) is 0 Å². The second-order valence-corrected chi connectivity index (χ2v) is 6.66. The van der Waals surface area contributed by atoms with Crippen LogP contribution in [0.5, 0.6) is 0 Å². The van der Waals surface area contributed by atoms with Crippen LogP contribution in [-0.4, -0.2) is 14.3 Å². The molecular weight excluding hydrogens is 320 g/mol. The molecule has 0 fully saturated rings. The van der Waals surface area contributed by atoms with E-state index in [-0.39, 0.29) is 6.04 Å². The molecule has 0 radical (unpaired) electrons. The molecule has 2 aromatic carbocycles. The number of nitrogens with zero attached hydrogens (tertiary/aromatic N) is 3. The molecule has 0 saturated carbocycles. The van der Waals surface area contributed by atoms with Crippen LogP contribution in [0.15, 0.2) is 79.0 Å². The lowest BCUT2D eigenvalue weighted by molar-refractivity contribution is 0.597. The van der Waals surface area contributed by atoms with Crippen LogP contribution in [0.2, 0.25) is 0 Å². The van der Waals surface area contributed by atoms with Gasteiger partial charge in [-0.05, 0) is 36.8 Å². The van der Waals surface area contributed by atoms with Gasteiger partial charge in [0, 0.05) is 24.0 Å². The Labute approximate surface area is 152 Å². The molecule has 3 heterocycles. The van der Waals surface area contributed by atoms with E-state index in [2.05, 4.69) is 94.4 Å². The molecule has 5 rings (SSSR count). The van der Waals surface area contributed by atoms with Crippen molar-refractivity contribution < 1.29 is 0 Å². The normalized spacial score (nSPS) is 16.0. The van der Waals surface area contributed by atoms with E-state index < -0.39 is 0 Å². The lowest BCUT2D eigenvalue weighted by Gasteiger charge is -2.18. The second kappa shape index (κ2) is 6.00. The number of fused-ring (bicyclic) bond motifs is 3. The van der Waals surface area contributed by atoms with Gasteiger partial charge in [-0.1, -0.05) is 48.5 Å². The van der Waals surface area contributed by atoms with Crippen molar-refractivity contribution in [1.29, 1.82) is 0 Å². The first-order chi connectivity index (χ1) is 12.8. The average molecular weight is 340 g/mol. The number of aryl methyl sites for hydroxylation is 1. The highest BCUT2D eigenvalue weighted by Crippen LogP contribution is 2.32. The van der Waals surface area contributed by atoms with Gasteiger partial charge in [-0.25, -0.2) is 4.68 Å². The lowest BCUT2D eigenvalue weighted by Crippen LogP contribution is -2.21. The maximum Gasteiger partial charge on any atom is 0.145 e. The molecule has 0 amide bonds. The number of hydrogen-bond donors (Lipinski definition) is 1. The van der Waals surface area contributed by atoms with Gasteiger partial charge in [0.15, 0.2) is 0 Å². The topological polar surface area (TPSA) is 34.8 Å². The Hall–Kier alpha value is -3.11. The van der Waals surface area contributed by atoms with Gasteiger partial charge in [0.25, 0.3) is 0 Å². The van der Waals surface area contributed by atoms with Crippen LogP contribution < -0.4 is 5.32 Å². The molecule has 4 nitrogen and oxygen atoms in total. The van der Waals surface area contributed by atoms with E-state index in [1.807, 2.05) is 6.07 Å². The summed E-state index contributed by atoms with van der Waals surface area (Å²) >= 11 is 0. The molecule has 0 aliphatic carbocycles. The molecular formula is C22H20N4. The number of benzene rings is 2. The summed E-state index contributed by atoms with van der Waals surface area (Å²) in [5.74, 6) is 1.12. The van der Waals surface area contributed by atoms with Gasteiger partial charge in [0.05, 0.1) is 17.4 Å². The molecule has 26 heavy (non-hydrogen) atoms. The Morgan fingerprint density at radius 2 is 1.65 bits per heavy atom. The van der Waals surface area contributed by atoms with Crippen LogP contribution in [0, 0.1) is 6.92 Å². The van der Waals surface area contributed by atoms with E-state index in [1.165, 1.54) is 16.8 Å². The number of aromatic nitrogens is 3. The number of hydrogen-bond acceptors (Lipinski definition) is 2. The van der Waals surface area contributed by atoms with Crippen molar-refractivity contribution in [1.82, 2.24) is 19.7 Å². The largest absolute Gasteiger partial charge is 0.303 e. The zero-order valence-electron chi connectivity index (χ0n) is 14.6. The first kappa shape index (κ1) is 15.2. The zero-order valence-corrected chi connectivity index (χ0v) is 14.6. The standard InChI is InChI=1S/C22H20N4/c1-16-19-15-23-21(17-9-4-2-5-10-17)20-13-8-14-25(20)22(19)26(24-16)18-11-6-3-7-12-18/h2-14,21,23H,15H2,1H3/t21-/m1/s1. The van der Waals surface area contributed by atoms with Gasteiger partial charge in [-0.15, -0.1) is 0 Å². The van der Waals surface area contributed by atoms with Crippen LogP contribution in [0.4, 0.5) is 0 Å². The zero-order chi connectivity index (χ0) is 17.5. The molecule has 0 spiro atoms. The molecule has 4 heteroatoms. The van der Waals surface area contributed by atoms with E-state index in [0.29, 0.717) is 0 Å². The van der Waals surface area contributed by atoms with Gasteiger partial charge < -0.3 is 9.88 Å². The van der Waals surface area contributed by atoms with Crippen LogP contribution in [0.3, 0.4) is 0 Å². The molecule has 0 bridgehead atoms. The highest BCUT2D eigenvalue weighted by atomic mass is 15.4. The second-order valence-electron chi connectivity index (χ2n) is 6.66. The number of rotatable bonds is 2. The van der Waals surface area contributed by atoms with Gasteiger partial charge >= 0.3 is 0 Å². The van der Waals surface area contributed by atoms with Crippen LogP contribution >= 0.6 is 0 Å². The Kier molecular flexibility index (Phi) is 3.50. The van der Waals surface area contributed by atoms with E-state index >= 15 is 0 Å². The summed E-state index contributed by atoms with van der Waals surface area (Å²) in [6.07, 6.45) is 2.14. The predicted molar refractivity (Wildman–Crippen MR) is 103 cm³/mol. The van der Waals surface area contributed by atoms with Crippen molar-refractivity contribution in [2.75, 3.05) is 0 Å². The molecule has 4 aromatic rings. The minimum atomic E-state index is 0.155. The van der Waals surface area contributed by atoms with E-state index in [9.17, 15) is 0 Å². The molecule has 1 aliphatic heterocycles.